The zero-order valence-electron chi connectivity index (χ0n) is 16.2. The Morgan fingerprint density at radius 2 is 1.96 bits per heavy atom. The molecule has 1 unspecified atom stereocenters. The van der Waals surface area contributed by atoms with E-state index in [1.165, 1.54) is 25.0 Å². The molecule has 1 N–H and O–H groups in total. The van der Waals surface area contributed by atoms with Crippen molar-refractivity contribution in [3.63, 3.8) is 0 Å². The van der Waals surface area contributed by atoms with Gasteiger partial charge in [0.1, 0.15) is 0 Å². The van der Waals surface area contributed by atoms with Gasteiger partial charge in [-0.25, -0.2) is 0 Å². The number of nitrogens with zero attached hydrogens (tertiary/aromatic N) is 3. The molecule has 1 saturated heterocycles. The Bertz CT molecular complexity index is 590. The molecule has 0 aromatic heterocycles. The van der Waals surface area contributed by atoms with Gasteiger partial charge in [0.05, 0.1) is 5.56 Å². The predicted octanol–water partition coefficient (Wildman–Crippen LogP) is 4.06. The van der Waals surface area contributed by atoms with Gasteiger partial charge < -0.3 is 15.1 Å². The monoisotopic (exact) mass is 498 g/mol. The fourth-order valence-electron chi connectivity index (χ4n) is 3.37. The number of aliphatic imine (C=N–C) groups is 1. The maximum Gasteiger partial charge on any atom is 0.416 e. The van der Waals surface area contributed by atoms with Crippen LogP contribution in [0.2, 0.25) is 0 Å². The van der Waals surface area contributed by atoms with Crippen LogP contribution in [0, 0.1) is 5.92 Å². The molecule has 2 rings (SSSR count). The van der Waals surface area contributed by atoms with Crippen LogP contribution in [-0.4, -0.2) is 56.0 Å². The summed E-state index contributed by atoms with van der Waals surface area (Å²) >= 11 is 0. The van der Waals surface area contributed by atoms with Crippen LogP contribution in [0.5, 0.6) is 0 Å². The Labute approximate surface area is 177 Å². The predicted molar refractivity (Wildman–Crippen MR) is 115 cm³/mol. The number of alkyl halides is 3. The summed E-state index contributed by atoms with van der Waals surface area (Å²) in [7, 11) is 3.62. The van der Waals surface area contributed by atoms with E-state index in [1.807, 2.05) is 11.9 Å². The van der Waals surface area contributed by atoms with Crippen molar-refractivity contribution in [1.82, 2.24) is 15.1 Å². The summed E-state index contributed by atoms with van der Waals surface area (Å²) in [5.41, 5.74) is 0.197. The van der Waals surface area contributed by atoms with Gasteiger partial charge in [0.15, 0.2) is 5.96 Å². The highest BCUT2D eigenvalue weighted by Gasteiger charge is 2.30. The van der Waals surface area contributed by atoms with Crippen molar-refractivity contribution in [3.05, 3.63) is 35.4 Å². The van der Waals surface area contributed by atoms with Crippen molar-refractivity contribution in [2.45, 2.75) is 32.5 Å². The molecule has 1 fully saturated rings. The van der Waals surface area contributed by atoms with Crippen molar-refractivity contribution in [2.75, 3.05) is 40.3 Å². The maximum absolute atomic E-state index is 12.6. The average Bonchev–Trinajstić information content (AvgIpc) is 3.03. The van der Waals surface area contributed by atoms with Gasteiger partial charge in [0.25, 0.3) is 0 Å². The Kier molecular flexibility index (Phi) is 9.86. The molecule has 1 aromatic rings. The Morgan fingerprint density at radius 1 is 1.30 bits per heavy atom. The normalized spacial score (nSPS) is 18.3. The molecule has 0 aliphatic carbocycles. The second-order valence-corrected chi connectivity index (χ2v) is 6.93. The average molecular weight is 498 g/mol. The molecule has 0 saturated carbocycles. The lowest BCUT2D eigenvalue weighted by Crippen LogP contribution is -2.41. The van der Waals surface area contributed by atoms with Crippen LogP contribution in [0.15, 0.2) is 29.3 Å². The van der Waals surface area contributed by atoms with Gasteiger partial charge >= 0.3 is 6.18 Å². The van der Waals surface area contributed by atoms with Crippen LogP contribution in [0.25, 0.3) is 0 Å². The van der Waals surface area contributed by atoms with Gasteiger partial charge in [0, 0.05) is 33.7 Å². The fraction of sp³-hybridized carbons (Fsp3) is 0.632. The number of rotatable bonds is 6. The van der Waals surface area contributed by atoms with E-state index >= 15 is 0 Å². The zero-order valence-corrected chi connectivity index (χ0v) is 18.6. The number of likely N-dealkylation sites (tertiary alicyclic amines) is 1. The molecule has 1 aliphatic rings. The second kappa shape index (κ2) is 11.1. The van der Waals surface area contributed by atoms with Crippen molar-refractivity contribution in [2.24, 2.45) is 10.9 Å². The van der Waals surface area contributed by atoms with E-state index in [0.717, 1.165) is 49.8 Å². The van der Waals surface area contributed by atoms with E-state index in [9.17, 15) is 13.2 Å². The van der Waals surface area contributed by atoms with Crippen LogP contribution in [0.4, 0.5) is 13.2 Å². The minimum absolute atomic E-state index is 0. The van der Waals surface area contributed by atoms with Gasteiger partial charge in [-0.2, -0.15) is 13.2 Å². The second-order valence-electron chi connectivity index (χ2n) is 6.93. The van der Waals surface area contributed by atoms with Crippen molar-refractivity contribution in [1.29, 1.82) is 0 Å². The highest BCUT2D eigenvalue weighted by atomic mass is 127. The number of hydrogen-bond acceptors (Lipinski definition) is 2. The Balaban J connectivity index is 0.00000364. The quantitative estimate of drug-likeness (QED) is 0.365. The van der Waals surface area contributed by atoms with Gasteiger partial charge in [-0.05, 0) is 49.5 Å². The number of guanidine groups is 1. The van der Waals surface area contributed by atoms with E-state index in [1.54, 1.807) is 7.05 Å². The van der Waals surface area contributed by atoms with Gasteiger partial charge in [0.2, 0.25) is 0 Å². The van der Waals surface area contributed by atoms with E-state index in [4.69, 9.17) is 0 Å². The maximum atomic E-state index is 12.6. The van der Waals surface area contributed by atoms with Gasteiger partial charge in [-0.3, -0.25) is 4.99 Å². The molecular formula is C19H30F3IN4. The molecule has 4 nitrogen and oxygen atoms in total. The first kappa shape index (κ1) is 24.0. The first-order chi connectivity index (χ1) is 12.3. The summed E-state index contributed by atoms with van der Waals surface area (Å²) in [4.78, 5) is 8.71. The molecule has 1 atom stereocenters. The summed E-state index contributed by atoms with van der Waals surface area (Å²) in [5.74, 6) is 1.37. The SMILES string of the molecule is CCCN1CCC(CNC(=NC)N(C)Cc2ccc(C(F)(F)F)cc2)C1.I. The molecule has 0 spiro atoms. The minimum atomic E-state index is -4.30. The zero-order chi connectivity index (χ0) is 19.2. The smallest absolute Gasteiger partial charge is 0.356 e. The third kappa shape index (κ3) is 7.48. The molecule has 27 heavy (non-hydrogen) atoms. The van der Waals surface area contributed by atoms with Crippen LogP contribution in [0.3, 0.4) is 0 Å². The van der Waals surface area contributed by atoms with E-state index in [0.29, 0.717) is 12.5 Å². The standard InChI is InChI=1S/C19H29F3N4.HI/c1-4-10-26-11-9-16(14-26)12-24-18(23-2)25(3)13-15-5-7-17(8-6-15)19(20,21)22;/h5-8,16H,4,9-14H2,1-3H3,(H,23,24);1H. The van der Waals surface area contributed by atoms with E-state index < -0.39 is 11.7 Å². The number of hydrogen-bond donors (Lipinski definition) is 1. The highest BCUT2D eigenvalue weighted by molar-refractivity contribution is 14.0. The first-order valence-electron chi connectivity index (χ1n) is 9.13. The number of nitrogens with one attached hydrogen (secondary N) is 1. The van der Waals surface area contributed by atoms with Gasteiger partial charge in [-0.1, -0.05) is 19.1 Å². The van der Waals surface area contributed by atoms with Crippen LogP contribution < -0.4 is 5.32 Å². The van der Waals surface area contributed by atoms with E-state index in [-0.39, 0.29) is 24.0 Å². The summed E-state index contributed by atoms with van der Waals surface area (Å²) in [6.45, 7) is 6.98. The van der Waals surface area contributed by atoms with Crippen LogP contribution >= 0.6 is 24.0 Å². The summed E-state index contributed by atoms with van der Waals surface area (Å²) < 4.78 is 37.9. The topological polar surface area (TPSA) is 30.9 Å². The van der Waals surface area contributed by atoms with Crippen molar-refractivity contribution >= 4 is 29.9 Å². The molecular weight excluding hydrogens is 468 g/mol. The van der Waals surface area contributed by atoms with Gasteiger partial charge in [-0.15, -0.1) is 24.0 Å². The molecule has 8 heteroatoms. The lowest BCUT2D eigenvalue weighted by Gasteiger charge is -2.24. The van der Waals surface area contributed by atoms with Crippen molar-refractivity contribution < 1.29 is 13.2 Å². The lowest BCUT2D eigenvalue weighted by molar-refractivity contribution is -0.137. The fourth-order valence-corrected chi connectivity index (χ4v) is 3.37. The Hall–Kier alpha value is -1.03. The molecule has 0 amide bonds. The highest BCUT2D eigenvalue weighted by Crippen LogP contribution is 2.29. The molecule has 0 bridgehead atoms. The van der Waals surface area contributed by atoms with Crippen LogP contribution in [-0.2, 0) is 12.7 Å². The number of halogens is 4. The largest absolute Gasteiger partial charge is 0.416 e. The lowest BCUT2D eigenvalue weighted by atomic mass is 10.1. The molecule has 154 valence electrons. The third-order valence-corrected chi connectivity index (χ3v) is 4.73. The third-order valence-electron chi connectivity index (χ3n) is 4.73. The van der Waals surface area contributed by atoms with Crippen LogP contribution in [0.1, 0.15) is 30.9 Å². The Morgan fingerprint density at radius 3 is 2.52 bits per heavy atom. The summed E-state index contributed by atoms with van der Waals surface area (Å²) in [6.07, 6.45) is -1.93. The van der Waals surface area contributed by atoms with E-state index in [2.05, 4.69) is 22.1 Å². The molecule has 0 radical (unpaired) electrons. The minimum Gasteiger partial charge on any atom is -0.356 e. The summed E-state index contributed by atoms with van der Waals surface area (Å²) in [6, 6.07) is 5.29. The first-order valence-corrected chi connectivity index (χ1v) is 9.13. The van der Waals surface area contributed by atoms with Crippen molar-refractivity contribution in [3.8, 4) is 0 Å². The summed E-state index contributed by atoms with van der Waals surface area (Å²) in [5, 5.41) is 3.40. The molecule has 1 aliphatic heterocycles. The molecule has 1 heterocycles. The number of benzene rings is 1. The molecule has 1 aromatic carbocycles.